The smallest absolute Gasteiger partial charge is 0.115 e. The summed E-state index contributed by atoms with van der Waals surface area (Å²) in [7, 11) is 0. The summed E-state index contributed by atoms with van der Waals surface area (Å²) in [5.74, 6) is -0.262. The Hall–Kier alpha value is -0.530. The van der Waals surface area contributed by atoms with E-state index in [0.29, 0.717) is 12.1 Å². The number of halogens is 1. The van der Waals surface area contributed by atoms with E-state index in [1.807, 2.05) is 6.92 Å². The Morgan fingerprint density at radius 2 is 2.14 bits per heavy atom. The van der Waals surface area contributed by atoms with Crippen LogP contribution in [0.2, 0.25) is 0 Å². The lowest BCUT2D eigenvalue weighted by atomic mass is 10.3. The first-order chi connectivity index (χ1) is 3.18. The molecule has 0 spiro atoms. The van der Waals surface area contributed by atoms with Gasteiger partial charge in [-0.15, -0.1) is 0 Å². The Kier molecular flexibility index (Phi) is 2.41. The lowest BCUT2D eigenvalue weighted by Gasteiger charge is -1.91. The van der Waals surface area contributed by atoms with Crippen molar-refractivity contribution in [3.63, 3.8) is 0 Å². The first-order valence-electron chi connectivity index (χ1n) is 2.29. The summed E-state index contributed by atoms with van der Waals surface area (Å²) in [4.78, 5) is 0. The zero-order chi connectivity index (χ0) is 5.86. The molecule has 0 radical (unpaired) electrons. The Bertz CT molecular complexity index is 82.1. The van der Waals surface area contributed by atoms with Crippen LogP contribution in [0.3, 0.4) is 0 Å². The van der Waals surface area contributed by atoms with Gasteiger partial charge in [-0.25, -0.2) is 4.39 Å². The van der Waals surface area contributed by atoms with Crippen molar-refractivity contribution in [3.8, 4) is 0 Å². The second-order valence-electron chi connectivity index (χ2n) is 1.41. The van der Waals surface area contributed by atoms with E-state index < -0.39 is 0 Å². The van der Waals surface area contributed by atoms with Crippen LogP contribution in [0.25, 0.3) is 0 Å². The van der Waals surface area contributed by atoms with Crippen LogP contribution in [0.5, 0.6) is 0 Å². The van der Waals surface area contributed by atoms with Crippen LogP contribution < -0.4 is 5.73 Å². The van der Waals surface area contributed by atoms with Gasteiger partial charge in [0.1, 0.15) is 5.83 Å². The Labute approximate surface area is 43.0 Å². The van der Waals surface area contributed by atoms with Crippen LogP contribution in [-0.2, 0) is 0 Å². The highest BCUT2D eigenvalue weighted by molar-refractivity contribution is 4.98. The quantitative estimate of drug-likeness (QED) is 0.535. The fourth-order valence-corrected chi connectivity index (χ4v) is 0.244. The Morgan fingerprint density at radius 1 is 1.71 bits per heavy atom. The summed E-state index contributed by atoms with van der Waals surface area (Å²) >= 11 is 0. The average molecular weight is 103 g/mol. The van der Waals surface area contributed by atoms with Crippen LogP contribution in [0.1, 0.15) is 20.3 Å². The van der Waals surface area contributed by atoms with Crippen molar-refractivity contribution in [1.82, 2.24) is 0 Å². The van der Waals surface area contributed by atoms with Gasteiger partial charge in [0.15, 0.2) is 0 Å². The molecule has 0 atom stereocenters. The normalized spacial score (nSPS) is 13.6. The zero-order valence-electron chi connectivity index (χ0n) is 4.66. The van der Waals surface area contributed by atoms with Gasteiger partial charge in [-0.2, -0.15) is 0 Å². The van der Waals surface area contributed by atoms with E-state index in [4.69, 9.17) is 5.73 Å². The monoisotopic (exact) mass is 103 g/mol. The minimum Gasteiger partial charge on any atom is -0.400 e. The van der Waals surface area contributed by atoms with E-state index in [1.165, 1.54) is 6.92 Å². The molecule has 0 bridgehead atoms. The molecule has 0 amide bonds. The number of hydrogen-bond acceptors (Lipinski definition) is 1. The van der Waals surface area contributed by atoms with Crippen molar-refractivity contribution < 1.29 is 4.39 Å². The molecule has 0 aromatic heterocycles. The molecule has 0 fully saturated rings. The summed E-state index contributed by atoms with van der Waals surface area (Å²) in [5, 5.41) is 0. The van der Waals surface area contributed by atoms with Crippen LogP contribution in [-0.4, -0.2) is 0 Å². The molecule has 0 aliphatic rings. The summed E-state index contributed by atoms with van der Waals surface area (Å²) < 4.78 is 11.8. The van der Waals surface area contributed by atoms with Gasteiger partial charge < -0.3 is 5.73 Å². The van der Waals surface area contributed by atoms with Crippen LogP contribution in [0.4, 0.5) is 4.39 Å². The van der Waals surface area contributed by atoms with E-state index in [0.717, 1.165) is 0 Å². The predicted octanol–water partition coefficient (Wildman–Crippen LogP) is 1.56. The topological polar surface area (TPSA) is 26.0 Å². The Morgan fingerprint density at radius 3 is 2.14 bits per heavy atom. The molecule has 0 unspecified atom stereocenters. The van der Waals surface area contributed by atoms with E-state index in [2.05, 4.69) is 0 Å². The molecule has 0 saturated carbocycles. The standard InChI is InChI=1S/C5H10FN/c1-3-5(7)4(2)6/h3,7H2,1-2H3/b5-4-. The molecule has 2 N–H and O–H groups in total. The minimum absolute atomic E-state index is 0.262. The van der Waals surface area contributed by atoms with Gasteiger partial charge in [-0.1, -0.05) is 6.92 Å². The molecule has 7 heavy (non-hydrogen) atoms. The first kappa shape index (κ1) is 6.47. The van der Waals surface area contributed by atoms with Gasteiger partial charge >= 0.3 is 0 Å². The third kappa shape index (κ3) is 2.20. The minimum atomic E-state index is -0.262. The SMILES string of the molecule is CC/C(N)=C(\C)F. The fourth-order valence-electron chi connectivity index (χ4n) is 0.244. The third-order valence-corrected chi connectivity index (χ3v) is 0.823. The molecular formula is C5H10FN. The lowest BCUT2D eigenvalue weighted by Crippen LogP contribution is -1.95. The van der Waals surface area contributed by atoms with Crippen molar-refractivity contribution in [3.05, 3.63) is 11.5 Å². The van der Waals surface area contributed by atoms with Crippen molar-refractivity contribution in [1.29, 1.82) is 0 Å². The first-order valence-corrected chi connectivity index (χ1v) is 2.29. The van der Waals surface area contributed by atoms with Gasteiger partial charge in [0.25, 0.3) is 0 Å². The van der Waals surface area contributed by atoms with Crippen LogP contribution >= 0.6 is 0 Å². The number of rotatable bonds is 1. The maximum absolute atomic E-state index is 11.8. The highest BCUT2D eigenvalue weighted by Gasteiger charge is 1.88. The van der Waals surface area contributed by atoms with Gasteiger partial charge in [-0.05, 0) is 13.3 Å². The maximum atomic E-state index is 11.8. The second-order valence-corrected chi connectivity index (χ2v) is 1.41. The van der Waals surface area contributed by atoms with Gasteiger partial charge in [0, 0.05) is 5.70 Å². The van der Waals surface area contributed by atoms with Gasteiger partial charge in [0.2, 0.25) is 0 Å². The molecule has 1 nitrogen and oxygen atoms in total. The van der Waals surface area contributed by atoms with E-state index in [9.17, 15) is 4.39 Å². The molecule has 0 aromatic rings. The number of allylic oxidation sites excluding steroid dienone is 2. The Balaban J connectivity index is 3.72. The number of nitrogens with two attached hydrogens (primary N) is 1. The molecule has 0 heterocycles. The second kappa shape index (κ2) is 2.61. The van der Waals surface area contributed by atoms with Crippen molar-refractivity contribution in [2.45, 2.75) is 20.3 Å². The third-order valence-electron chi connectivity index (χ3n) is 0.823. The molecule has 0 aliphatic heterocycles. The van der Waals surface area contributed by atoms with Gasteiger partial charge in [-0.3, -0.25) is 0 Å². The summed E-state index contributed by atoms with van der Waals surface area (Å²) in [5.41, 5.74) is 5.47. The lowest BCUT2D eigenvalue weighted by molar-refractivity contribution is 0.619. The molecular weight excluding hydrogens is 93.1 g/mol. The molecule has 0 rings (SSSR count). The van der Waals surface area contributed by atoms with E-state index >= 15 is 0 Å². The highest BCUT2D eigenvalue weighted by atomic mass is 19.1. The van der Waals surface area contributed by atoms with Gasteiger partial charge in [0.05, 0.1) is 0 Å². The summed E-state index contributed by atoms with van der Waals surface area (Å²) in [6, 6.07) is 0. The highest BCUT2D eigenvalue weighted by Crippen LogP contribution is 2.00. The van der Waals surface area contributed by atoms with E-state index in [-0.39, 0.29) is 5.83 Å². The molecule has 0 saturated heterocycles. The summed E-state index contributed by atoms with van der Waals surface area (Å²) in [6.07, 6.45) is 0.600. The van der Waals surface area contributed by atoms with Crippen LogP contribution in [0.15, 0.2) is 11.5 Å². The zero-order valence-corrected chi connectivity index (χ0v) is 4.66. The summed E-state index contributed by atoms with van der Waals surface area (Å²) in [6.45, 7) is 3.18. The average Bonchev–Trinajstić information content (AvgIpc) is 1.65. The number of hydrogen-bond donors (Lipinski definition) is 1. The predicted molar refractivity (Wildman–Crippen MR) is 28.3 cm³/mol. The molecule has 2 heteroatoms. The van der Waals surface area contributed by atoms with Crippen LogP contribution in [0, 0.1) is 0 Å². The van der Waals surface area contributed by atoms with Crippen molar-refractivity contribution in [2.75, 3.05) is 0 Å². The van der Waals surface area contributed by atoms with E-state index in [1.54, 1.807) is 0 Å². The molecule has 42 valence electrons. The fraction of sp³-hybridized carbons (Fsp3) is 0.600. The largest absolute Gasteiger partial charge is 0.400 e. The molecule has 0 aliphatic carbocycles. The maximum Gasteiger partial charge on any atom is 0.115 e. The molecule has 0 aromatic carbocycles. The van der Waals surface area contributed by atoms with Crippen molar-refractivity contribution >= 4 is 0 Å². The van der Waals surface area contributed by atoms with Crippen molar-refractivity contribution in [2.24, 2.45) is 5.73 Å².